The number of benzene rings is 2. The number of Topliss-reactive ketones (excluding diaryl/α,β-unsaturated/α-hetero) is 2. The van der Waals surface area contributed by atoms with Crippen molar-refractivity contribution in [2.24, 2.45) is 5.92 Å². The quantitative estimate of drug-likeness (QED) is 0.254. The van der Waals surface area contributed by atoms with E-state index < -0.39 is 29.1 Å². The Morgan fingerprint density at radius 2 is 1.32 bits per heavy atom. The van der Waals surface area contributed by atoms with Crippen molar-refractivity contribution in [3.05, 3.63) is 81.5 Å². The van der Waals surface area contributed by atoms with Crippen LogP contribution in [0, 0.1) is 5.92 Å². The van der Waals surface area contributed by atoms with Crippen LogP contribution in [0.15, 0.2) is 64.8 Å². The summed E-state index contributed by atoms with van der Waals surface area (Å²) in [6.45, 7) is 8.44. The Balaban J connectivity index is 1.46. The highest BCUT2D eigenvalue weighted by Crippen LogP contribution is 2.58. The van der Waals surface area contributed by atoms with E-state index in [1.54, 1.807) is 0 Å². The van der Waals surface area contributed by atoms with Crippen LogP contribution in [-0.4, -0.2) is 35.5 Å². The third-order valence-electron chi connectivity index (χ3n) is 8.74. The molecule has 0 saturated carbocycles. The van der Waals surface area contributed by atoms with Crippen molar-refractivity contribution < 1.29 is 28.5 Å². The molecule has 0 bridgehead atoms. The number of ketones is 2. The summed E-state index contributed by atoms with van der Waals surface area (Å²) in [5, 5.41) is 0. The number of hydrogen-bond donors (Lipinski definition) is 0. The predicted molar refractivity (Wildman–Crippen MR) is 161 cm³/mol. The fourth-order valence-electron chi connectivity index (χ4n) is 6.93. The molecule has 0 amide bonds. The number of allylic oxidation sites excluding steroid dienone is 2. The standard InChI is InChI=1S/C30H24Br4O6/c1-29(2)16-10-37-25-14(6-12(32)8-18(25)34)19(16)21-23(35)27-22(24(36)26(21)39-29)20-13-5-11(31)7-17(33)15(13)9-38-28(20)30(3,4)40-27/h5-8,16,19-20,28H,9-10H2,1-4H3/t16-,19+,20+,28+/m0/s1. The van der Waals surface area contributed by atoms with Gasteiger partial charge in [0.2, 0.25) is 11.6 Å². The molecule has 0 aromatic heterocycles. The molecule has 0 unspecified atom stereocenters. The van der Waals surface area contributed by atoms with E-state index in [1.807, 2.05) is 52.0 Å². The first-order valence-electron chi connectivity index (χ1n) is 13.0. The fourth-order valence-corrected chi connectivity index (χ4v) is 9.67. The van der Waals surface area contributed by atoms with Crippen molar-refractivity contribution in [3.63, 3.8) is 0 Å². The average Bonchev–Trinajstić information content (AvgIpc) is 2.86. The summed E-state index contributed by atoms with van der Waals surface area (Å²) >= 11 is 14.5. The number of ether oxygens (including phenoxy) is 4. The maximum atomic E-state index is 14.6. The van der Waals surface area contributed by atoms with E-state index in [0.29, 0.717) is 30.1 Å². The number of carbonyl (C=O) groups is 2. The number of halogens is 4. The molecule has 2 aromatic rings. The average molecular weight is 800 g/mol. The first-order valence-corrected chi connectivity index (χ1v) is 16.1. The van der Waals surface area contributed by atoms with Gasteiger partial charge in [0, 0.05) is 36.7 Å². The molecular weight excluding hydrogens is 776 g/mol. The topological polar surface area (TPSA) is 71.1 Å². The Hall–Kier alpha value is -1.46. The summed E-state index contributed by atoms with van der Waals surface area (Å²) < 4.78 is 28.8. The van der Waals surface area contributed by atoms with Crippen molar-refractivity contribution in [3.8, 4) is 5.75 Å². The van der Waals surface area contributed by atoms with Crippen LogP contribution >= 0.6 is 63.7 Å². The highest BCUT2D eigenvalue weighted by atomic mass is 79.9. The Kier molecular flexibility index (Phi) is 6.17. The van der Waals surface area contributed by atoms with Crippen molar-refractivity contribution in [1.29, 1.82) is 0 Å². The van der Waals surface area contributed by atoms with E-state index in [2.05, 4.69) is 63.7 Å². The van der Waals surface area contributed by atoms with Crippen molar-refractivity contribution >= 4 is 75.3 Å². The van der Waals surface area contributed by atoms with E-state index in [4.69, 9.17) is 18.9 Å². The van der Waals surface area contributed by atoms with Gasteiger partial charge in [-0.2, -0.15) is 0 Å². The van der Waals surface area contributed by atoms with Crippen molar-refractivity contribution in [1.82, 2.24) is 0 Å². The second kappa shape index (κ2) is 9.02. The van der Waals surface area contributed by atoms with Crippen LogP contribution in [0.5, 0.6) is 5.75 Å². The molecule has 10 heteroatoms. The van der Waals surface area contributed by atoms with Gasteiger partial charge < -0.3 is 18.9 Å². The van der Waals surface area contributed by atoms with E-state index in [9.17, 15) is 9.59 Å². The number of fused-ring (bicyclic) bond motifs is 8. The molecule has 7 rings (SSSR count). The molecule has 2 aromatic carbocycles. The third kappa shape index (κ3) is 3.78. The van der Waals surface area contributed by atoms with E-state index in [-0.39, 0.29) is 29.0 Å². The van der Waals surface area contributed by atoms with Crippen LogP contribution in [0.2, 0.25) is 0 Å². The van der Waals surface area contributed by atoms with Gasteiger partial charge >= 0.3 is 0 Å². The van der Waals surface area contributed by atoms with Gasteiger partial charge in [-0.25, -0.2) is 0 Å². The normalized spacial score (nSPS) is 29.1. The van der Waals surface area contributed by atoms with Gasteiger partial charge in [0.05, 0.1) is 28.8 Å². The third-order valence-corrected chi connectivity index (χ3v) is 11.0. The summed E-state index contributed by atoms with van der Waals surface area (Å²) in [4.78, 5) is 29.2. The van der Waals surface area contributed by atoms with Gasteiger partial charge in [0.1, 0.15) is 23.1 Å². The highest BCUT2D eigenvalue weighted by Gasteiger charge is 2.60. The zero-order chi connectivity index (χ0) is 28.5. The lowest BCUT2D eigenvalue weighted by atomic mass is 9.64. The largest absolute Gasteiger partial charge is 0.492 e. The Labute approximate surface area is 265 Å². The molecule has 40 heavy (non-hydrogen) atoms. The lowest BCUT2D eigenvalue weighted by molar-refractivity contribution is -0.155. The summed E-state index contributed by atoms with van der Waals surface area (Å²) in [5.41, 5.74) is 1.72. The molecule has 4 aliphatic heterocycles. The smallest absolute Gasteiger partial charge is 0.228 e. The molecule has 208 valence electrons. The first-order chi connectivity index (χ1) is 18.8. The van der Waals surface area contributed by atoms with Gasteiger partial charge in [-0.15, -0.1) is 0 Å². The van der Waals surface area contributed by atoms with Gasteiger partial charge in [-0.1, -0.05) is 47.8 Å². The van der Waals surface area contributed by atoms with E-state index in [0.717, 1.165) is 34.6 Å². The summed E-state index contributed by atoms with van der Waals surface area (Å²) in [5.74, 6) is -0.894. The first kappa shape index (κ1) is 27.4. The minimum Gasteiger partial charge on any atom is -0.492 e. The maximum Gasteiger partial charge on any atom is 0.228 e. The molecule has 5 aliphatic rings. The monoisotopic (exact) mass is 796 g/mol. The minimum absolute atomic E-state index is 0.0895. The van der Waals surface area contributed by atoms with Crippen LogP contribution < -0.4 is 4.74 Å². The summed E-state index contributed by atoms with van der Waals surface area (Å²) in [6, 6.07) is 7.85. The molecule has 0 N–H and O–H groups in total. The fraction of sp³-hybridized carbons (Fsp3) is 0.400. The van der Waals surface area contributed by atoms with Gasteiger partial charge in [-0.3, -0.25) is 9.59 Å². The molecule has 0 saturated heterocycles. The predicted octanol–water partition coefficient (Wildman–Crippen LogP) is 7.79. The van der Waals surface area contributed by atoms with E-state index in [1.165, 1.54) is 0 Å². The Morgan fingerprint density at radius 3 is 2.00 bits per heavy atom. The second-order valence-electron chi connectivity index (χ2n) is 11.9. The second-order valence-corrected chi connectivity index (χ2v) is 15.5. The summed E-state index contributed by atoms with van der Waals surface area (Å²) in [7, 11) is 0. The van der Waals surface area contributed by atoms with Crippen LogP contribution in [0.3, 0.4) is 0 Å². The molecule has 4 heterocycles. The van der Waals surface area contributed by atoms with Crippen molar-refractivity contribution in [2.45, 2.75) is 63.4 Å². The molecule has 6 nitrogen and oxygen atoms in total. The lowest BCUT2D eigenvalue weighted by Gasteiger charge is -2.52. The zero-order valence-corrected chi connectivity index (χ0v) is 28.3. The molecule has 4 atom stereocenters. The number of rotatable bonds is 0. The molecule has 0 radical (unpaired) electrons. The zero-order valence-electron chi connectivity index (χ0n) is 22.0. The molecule has 1 aliphatic carbocycles. The maximum absolute atomic E-state index is 14.6. The lowest BCUT2D eigenvalue weighted by Crippen LogP contribution is -2.56. The Morgan fingerprint density at radius 1 is 0.750 bits per heavy atom. The van der Waals surface area contributed by atoms with Crippen LogP contribution in [-0.2, 0) is 30.4 Å². The molecule has 0 spiro atoms. The van der Waals surface area contributed by atoms with Crippen LogP contribution in [0.25, 0.3) is 0 Å². The Bertz CT molecular complexity index is 1500. The van der Waals surface area contributed by atoms with Crippen LogP contribution in [0.4, 0.5) is 0 Å². The molecule has 0 fully saturated rings. The van der Waals surface area contributed by atoms with Crippen molar-refractivity contribution in [2.75, 3.05) is 6.61 Å². The number of carbonyl (C=O) groups excluding carboxylic acids is 2. The summed E-state index contributed by atoms with van der Waals surface area (Å²) in [6.07, 6.45) is -0.473. The SMILES string of the molecule is CC1(C)OC2=C(C(=O)C3=C(C2=O)[C@@H]2c4cc(Br)cc(Br)c4OC[C@@H]2C(C)(C)O3)[C@H]2c3cc(Br)cc(Br)c3CO[C@H]21. The number of hydrogen-bond acceptors (Lipinski definition) is 6. The van der Waals surface area contributed by atoms with E-state index >= 15 is 0 Å². The minimum atomic E-state index is -0.863. The molecular formula is C30H24Br4O6. The van der Waals surface area contributed by atoms with Gasteiger partial charge in [0.15, 0.2) is 11.5 Å². The highest BCUT2D eigenvalue weighted by molar-refractivity contribution is 9.11. The van der Waals surface area contributed by atoms with Gasteiger partial charge in [0.25, 0.3) is 0 Å². The van der Waals surface area contributed by atoms with Crippen LogP contribution in [0.1, 0.15) is 56.2 Å². The van der Waals surface area contributed by atoms with Gasteiger partial charge in [-0.05, 0) is 79.0 Å².